The minimum absolute atomic E-state index is 0.0406. The van der Waals surface area contributed by atoms with Crippen molar-refractivity contribution in [1.29, 1.82) is 0 Å². The van der Waals surface area contributed by atoms with E-state index in [0.717, 1.165) is 39.1 Å². The Morgan fingerprint density at radius 2 is 0.630 bits per heavy atom. The van der Waals surface area contributed by atoms with Gasteiger partial charge in [-0.1, -0.05) is 119 Å². The third-order valence-corrected chi connectivity index (χ3v) is 16.8. The number of nitrogens with one attached hydrogen (secondary N) is 6. The normalized spacial score (nSPS) is 11.2. The quantitative estimate of drug-likeness (QED) is 0.0318. The maximum Gasteiger partial charge on any atom is 0.255 e. The Morgan fingerprint density at radius 3 is 0.991 bits per heavy atom. The van der Waals surface area contributed by atoms with Crippen molar-refractivity contribution in [3.05, 3.63) is 288 Å². The molecule has 20 nitrogen and oxygen atoms in total. The van der Waals surface area contributed by atoms with Crippen molar-refractivity contribution < 1.29 is 47.2 Å². The Balaban J connectivity index is 0.000000166. The van der Waals surface area contributed by atoms with Gasteiger partial charge in [0.2, 0.25) is 11.6 Å². The predicted molar refractivity (Wildman–Crippen MR) is 431 cm³/mol. The number of carbonyl (C=O) groups excluding carboxylic acids is 8. The molecular weight excluding hydrogens is 1360 g/mol. The standard InChI is InChI=1S/2C22H23N3O2.2C22H22N2O3/c1-22(2,3)20(26)19-12-16(13-24-19)14-6-10-18(11-7-14)25-21(27)15-4-8-17(23)9-5-15;1-22(2,3)20(26)19-13-12-18(25-19)14-6-10-17(11-7-14)24-21(27)15-4-8-16(23)9-5-15;1-22(2,3)20(25)19-12-16(13-27-19)14-6-10-18(11-7-14)24-21(26)15-4-8-17(23)9-5-15;1-22(2,3)20(25)19-13-12-18(27-19)14-6-10-17(11-7-14)24-21(26)15-4-8-16(23)9-5-15/h4-13,24H,23H2,1-3H3,(H,25,27);4-13,25H,23H2,1-3H3,(H,24,27);2*4-13H,23H2,1-3H3,(H,24,26). The van der Waals surface area contributed by atoms with Crippen molar-refractivity contribution in [2.24, 2.45) is 21.7 Å². The number of hydrogen-bond donors (Lipinski definition) is 10. The largest absolute Gasteiger partial charge is 0.461 e. The van der Waals surface area contributed by atoms with Gasteiger partial charge in [-0.3, -0.25) is 38.4 Å². The summed E-state index contributed by atoms with van der Waals surface area (Å²) in [7, 11) is 0. The van der Waals surface area contributed by atoms with E-state index in [1.807, 2.05) is 186 Å². The molecule has 0 aliphatic carbocycles. The Hall–Kier alpha value is -13.4. The molecule has 0 saturated heterocycles. The number of amides is 4. The summed E-state index contributed by atoms with van der Waals surface area (Å²) >= 11 is 0. The lowest BCUT2D eigenvalue weighted by atomic mass is 9.89. The second-order valence-electron chi connectivity index (χ2n) is 29.9. The SMILES string of the molecule is CC(C)(C)C(=O)c1cc(-c2ccc(NC(=O)c3ccc(N)cc3)cc2)c[nH]1.CC(C)(C)C(=O)c1cc(-c2ccc(NC(=O)c3ccc(N)cc3)cc2)co1.CC(C)(C)C(=O)c1ccc(-c2ccc(NC(=O)c3ccc(N)cc3)cc2)[nH]1.CC(C)(C)C(=O)c1ccc(-c2ccc(NC(=O)c3ccc(N)cc3)cc2)o1. The highest BCUT2D eigenvalue weighted by Gasteiger charge is 2.29. The lowest BCUT2D eigenvalue weighted by Crippen LogP contribution is -2.20. The summed E-state index contributed by atoms with van der Waals surface area (Å²) in [5.41, 5.74) is 35.5. The van der Waals surface area contributed by atoms with Crippen LogP contribution in [0.1, 0.15) is 167 Å². The van der Waals surface area contributed by atoms with Gasteiger partial charge >= 0.3 is 0 Å². The van der Waals surface area contributed by atoms with E-state index in [4.69, 9.17) is 31.8 Å². The summed E-state index contributed by atoms with van der Waals surface area (Å²) in [6, 6.07) is 67.3. The number of aromatic amines is 2. The monoisotopic (exact) mass is 1450 g/mol. The third-order valence-electron chi connectivity index (χ3n) is 16.8. The lowest BCUT2D eigenvalue weighted by molar-refractivity contribution is 0.0823. The Bertz CT molecular complexity index is 4500. The van der Waals surface area contributed by atoms with Crippen molar-refractivity contribution in [3.63, 3.8) is 0 Å². The van der Waals surface area contributed by atoms with Crippen LogP contribution in [0.15, 0.2) is 252 Å². The van der Waals surface area contributed by atoms with Crippen LogP contribution in [0.3, 0.4) is 0 Å². The van der Waals surface area contributed by atoms with E-state index in [1.54, 1.807) is 140 Å². The van der Waals surface area contributed by atoms with Gasteiger partial charge in [-0.15, -0.1) is 0 Å². The van der Waals surface area contributed by atoms with Gasteiger partial charge in [0.25, 0.3) is 23.6 Å². The van der Waals surface area contributed by atoms with E-state index in [9.17, 15) is 38.4 Å². The van der Waals surface area contributed by atoms with Gasteiger partial charge in [-0.2, -0.15) is 0 Å². The molecule has 108 heavy (non-hydrogen) atoms. The van der Waals surface area contributed by atoms with E-state index in [2.05, 4.69) is 31.2 Å². The zero-order valence-corrected chi connectivity index (χ0v) is 62.5. The summed E-state index contributed by atoms with van der Waals surface area (Å²) in [4.78, 5) is 105. The first-order valence-electron chi connectivity index (χ1n) is 34.8. The molecule has 0 aliphatic rings. The number of nitrogens with two attached hydrogens (primary N) is 4. The average molecular weight is 1450 g/mol. The zero-order chi connectivity index (χ0) is 78.4. The maximum atomic E-state index is 12.4. The molecule has 0 atom stereocenters. The van der Waals surface area contributed by atoms with Gasteiger partial charge in [0.15, 0.2) is 23.1 Å². The van der Waals surface area contributed by atoms with E-state index >= 15 is 0 Å². The fourth-order valence-corrected chi connectivity index (χ4v) is 10.5. The summed E-state index contributed by atoms with van der Waals surface area (Å²) in [6.45, 7) is 22.5. The molecule has 4 heterocycles. The second-order valence-corrected chi connectivity index (χ2v) is 29.9. The zero-order valence-electron chi connectivity index (χ0n) is 62.5. The number of ketones is 4. The van der Waals surface area contributed by atoms with Gasteiger partial charge in [0, 0.05) is 112 Å². The van der Waals surface area contributed by atoms with Crippen LogP contribution in [0.25, 0.3) is 44.8 Å². The van der Waals surface area contributed by atoms with Gasteiger partial charge in [-0.25, -0.2) is 0 Å². The number of H-pyrrole nitrogens is 2. The Kier molecular flexibility index (Phi) is 24.5. The molecule has 0 spiro atoms. The molecule has 4 aromatic heterocycles. The van der Waals surface area contributed by atoms with Gasteiger partial charge < -0.3 is 63.0 Å². The van der Waals surface area contributed by atoms with E-state index in [-0.39, 0.29) is 46.8 Å². The van der Waals surface area contributed by atoms with Crippen molar-refractivity contribution in [1.82, 2.24) is 9.97 Å². The molecule has 8 aromatic carbocycles. The Morgan fingerprint density at radius 1 is 0.306 bits per heavy atom. The van der Waals surface area contributed by atoms with Gasteiger partial charge in [-0.05, 0) is 216 Å². The van der Waals surface area contributed by atoms with Crippen molar-refractivity contribution in [3.8, 4) is 44.8 Å². The number of rotatable bonds is 16. The number of aromatic nitrogens is 2. The number of anilines is 8. The molecule has 12 aromatic rings. The summed E-state index contributed by atoms with van der Waals surface area (Å²) in [6.07, 6.45) is 3.39. The van der Waals surface area contributed by atoms with Crippen molar-refractivity contribution in [2.45, 2.75) is 83.1 Å². The molecule has 0 saturated carbocycles. The minimum Gasteiger partial charge on any atom is -0.461 e. The molecule has 4 amide bonds. The van der Waals surface area contributed by atoms with Crippen LogP contribution in [0, 0.1) is 21.7 Å². The van der Waals surface area contributed by atoms with Crippen molar-refractivity contribution in [2.75, 3.05) is 44.2 Å². The van der Waals surface area contributed by atoms with E-state index in [1.165, 1.54) is 0 Å². The van der Waals surface area contributed by atoms with E-state index < -0.39 is 21.7 Å². The van der Waals surface area contributed by atoms with Gasteiger partial charge in [0.1, 0.15) is 5.76 Å². The minimum atomic E-state index is -0.495. The maximum absolute atomic E-state index is 12.4. The molecule has 0 aliphatic heterocycles. The predicted octanol–water partition coefficient (Wildman–Crippen LogP) is 19.5. The molecule has 0 unspecified atom stereocenters. The summed E-state index contributed by atoms with van der Waals surface area (Å²) in [5, 5.41) is 11.4. The fourth-order valence-electron chi connectivity index (χ4n) is 10.5. The molecule has 552 valence electrons. The lowest BCUT2D eigenvalue weighted by Gasteiger charge is -2.15. The summed E-state index contributed by atoms with van der Waals surface area (Å²) < 4.78 is 11.2. The molecule has 0 bridgehead atoms. The first-order valence-corrected chi connectivity index (χ1v) is 34.8. The number of nitrogen functional groups attached to an aromatic ring is 4. The van der Waals surface area contributed by atoms with Crippen LogP contribution in [0.4, 0.5) is 45.5 Å². The first-order chi connectivity index (χ1) is 50.9. The number of benzene rings is 8. The first kappa shape index (κ1) is 78.8. The van der Waals surface area contributed by atoms with Gasteiger partial charge in [0.05, 0.1) is 17.7 Å². The molecular formula is C88H90N10O10. The van der Waals surface area contributed by atoms with Crippen LogP contribution in [0.5, 0.6) is 0 Å². The van der Waals surface area contributed by atoms with Crippen LogP contribution in [0.2, 0.25) is 0 Å². The molecule has 0 radical (unpaired) electrons. The molecule has 20 heteroatoms. The highest BCUT2D eigenvalue weighted by molar-refractivity contribution is 6.07. The number of Topliss-reactive ketones (excluding diaryl/α,β-unsaturated/α-hetero) is 4. The molecule has 14 N–H and O–H groups in total. The van der Waals surface area contributed by atoms with Crippen LogP contribution < -0.4 is 44.2 Å². The molecule has 0 fully saturated rings. The van der Waals surface area contributed by atoms with Crippen LogP contribution in [-0.4, -0.2) is 56.7 Å². The third kappa shape index (κ3) is 21.4. The average Bonchev–Trinajstić information content (AvgIpc) is 1.68. The highest BCUT2D eigenvalue weighted by Crippen LogP contribution is 2.33. The highest BCUT2D eigenvalue weighted by atomic mass is 16.3. The van der Waals surface area contributed by atoms with Crippen LogP contribution in [-0.2, 0) is 0 Å². The second kappa shape index (κ2) is 33.6. The fraction of sp³-hybridized carbons (Fsp3) is 0.182. The topological polar surface area (TPSA) is 347 Å². The number of carbonyl (C=O) groups is 8. The van der Waals surface area contributed by atoms with Crippen LogP contribution >= 0.6 is 0 Å². The number of furan rings is 2. The Labute approximate surface area is 628 Å². The smallest absolute Gasteiger partial charge is 0.255 e. The van der Waals surface area contributed by atoms with E-state index in [0.29, 0.717) is 96.4 Å². The number of hydrogen-bond acceptors (Lipinski definition) is 14. The molecule has 12 rings (SSSR count). The summed E-state index contributed by atoms with van der Waals surface area (Å²) in [5.74, 6) is 0.561. The van der Waals surface area contributed by atoms with Crippen molar-refractivity contribution >= 4 is 92.3 Å².